The number of carbonyl (C=O) groups is 1. The Bertz CT molecular complexity index is 1310. The molecule has 0 aliphatic carbocycles. The Kier molecular flexibility index (Phi) is 6.02. The highest BCUT2D eigenvalue weighted by molar-refractivity contribution is 5.84. The molecule has 0 aliphatic heterocycles. The number of methoxy groups -OCH3 is 1. The molecule has 8 nitrogen and oxygen atoms in total. The van der Waals surface area contributed by atoms with Gasteiger partial charge in [-0.2, -0.15) is 0 Å². The molecule has 0 aliphatic rings. The first-order valence-corrected chi connectivity index (χ1v) is 10.3. The standard InChI is InChI=1S/C24H24N4O4/c1-15-11-21(29)23(24(31)28(15)10-8-16-13-25-14-27-16)19(12-22(30)32-2)17-7-9-26-20-6-4-3-5-18(17)20/h3-7,9,11,13-14,19,29H,8,10,12H2,1-2H3,(H,25,27)/t19-/m1/s1. The Morgan fingerprint density at radius 2 is 2.09 bits per heavy atom. The maximum absolute atomic E-state index is 13.6. The van der Waals surface area contributed by atoms with Gasteiger partial charge < -0.3 is 19.4 Å². The van der Waals surface area contributed by atoms with Gasteiger partial charge in [-0.15, -0.1) is 0 Å². The molecular weight excluding hydrogens is 408 g/mol. The lowest BCUT2D eigenvalue weighted by Crippen LogP contribution is -2.29. The van der Waals surface area contributed by atoms with E-state index < -0.39 is 11.9 Å². The third kappa shape index (κ3) is 4.12. The fourth-order valence-electron chi connectivity index (χ4n) is 4.07. The van der Waals surface area contributed by atoms with Crippen molar-refractivity contribution in [2.24, 2.45) is 0 Å². The third-order valence-electron chi connectivity index (χ3n) is 5.69. The van der Waals surface area contributed by atoms with Crippen molar-refractivity contribution >= 4 is 16.9 Å². The average molecular weight is 432 g/mol. The summed E-state index contributed by atoms with van der Waals surface area (Å²) in [4.78, 5) is 37.3. The van der Waals surface area contributed by atoms with Gasteiger partial charge in [0, 0.05) is 48.1 Å². The van der Waals surface area contributed by atoms with E-state index in [1.165, 1.54) is 7.11 Å². The van der Waals surface area contributed by atoms with Crippen molar-refractivity contribution in [2.45, 2.75) is 32.2 Å². The number of pyridine rings is 2. The number of aromatic hydroxyl groups is 1. The minimum absolute atomic E-state index is 0.0864. The van der Waals surface area contributed by atoms with Crippen molar-refractivity contribution in [1.29, 1.82) is 0 Å². The number of ether oxygens (including phenoxy) is 1. The lowest BCUT2D eigenvalue weighted by atomic mass is 9.86. The predicted molar refractivity (Wildman–Crippen MR) is 120 cm³/mol. The van der Waals surface area contributed by atoms with Crippen LogP contribution in [0.4, 0.5) is 0 Å². The largest absolute Gasteiger partial charge is 0.507 e. The van der Waals surface area contributed by atoms with Gasteiger partial charge in [0.05, 0.1) is 30.9 Å². The highest BCUT2D eigenvalue weighted by Gasteiger charge is 2.28. The van der Waals surface area contributed by atoms with Crippen molar-refractivity contribution < 1.29 is 14.6 Å². The summed E-state index contributed by atoms with van der Waals surface area (Å²) in [5.41, 5.74) is 2.84. The number of aromatic nitrogens is 4. The minimum atomic E-state index is -0.693. The summed E-state index contributed by atoms with van der Waals surface area (Å²) < 4.78 is 6.52. The lowest BCUT2D eigenvalue weighted by Gasteiger charge is -2.21. The summed E-state index contributed by atoms with van der Waals surface area (Å²) >= 11 is 0. The first-order valence-electron chi connectivity index (χ1n) is 10.3. The molecule has 0 bridgehead atoms. The number of aryl methyl sites for hydroxylation is 2. The van der Waals surface area contributed by atoms with Crippen molar-refractivity contribution in [3.8, 4) is 5.75 Å². The number of hydrogen-bond donors (Lipinski definition) is 2. The molecule has 4 aromatic rings. The number of H-pyrrole nitrogens is 1. The van der Waals surface area contributed by atoms with Crippen LogP contribution in [-0.2, 0) is 22.5 Å². The zero-order valence-electron chi connectivity index (χ0n) is 17.9. The van der Waals surface area contributed by atoms with Crippen molar-refractivity contribution in [3.63, 3.8) is 0 Å². The molecule has 164 valence electrons. The van der Waals surface area contributed by atoms with Gasteiger partial charge in [0.15, 0.2) is 0 Å². The normalized spacial score (nSPS) is 12.1. The van der Waals surface area contributed by atoms with Crippen LogP contribution in [0.25, 0.3) is 10.9 Å². The van der Waals surface area contributed by atoms with Gasteiger partial charge in [0.2, 0.25) is 0 Å². The molecule has 3 aromatic heterocycles. The van der Waals surface area contributed by atoms with Crippen LogP contribution in [0.5, 0.6) is 5.75 Å². The number of rotatable bonds is 7. The predicted octanol–water partition coefficient (Wildman–Crippen LogP) is 3.07. The molecule has 0 saturated carbocycles. The Hall–Kier alpha value is -3.94. The molecule has 1 aromatic carbocycles. The van der Waals surface area contributed by atoms with Crippen LogP contribution in [0.2, 0.25) is 0 Å². The molecule has 0 unspecified atom stereocenters. The number of nitrogens with one attached hydrogen (secondary N) is 1. The van der Waals surface area contributed by atoms with E-state index >= 15 is 0 Å². The molecule has 8 heteroatoms. The van der Waals surface area contributed by atoms with E-state index in [4.69, 9.17) is 4.74 Å². The van der Waals surface area contributed by atoms with Crippen LogP contribution < -0.4 is 5.56 Å². The van der Waals surface area contributed by atoms with E-state index in [0.717, 1.165) is 22.2 Å². The maximum atomic E-state index is 13.6. The number of imidazole rings is 1. The van der Waals surface area contributed by atoms with Gasteiger partial charge in [-0.3, -0.25) is 14.6 Å². The molecule has 0 fully saturated rings. The summed E-state index contributed by atoms with van der Waals surface area (Å²) in [5.74, 6) is -1.30. The van der Waals surface area contributed by atoms with E-state index in [9.17, 15) is 14.7 Å². The summed E-state index contributed by atoms with van der Waals surface area (Å²) in [6.45, 7) is 2.18. The highest BCUT2D eigenvalue weighted by atomic mass is 16.5. The number of benzene rings is 1. The van der Waals surface area contributed by atoms with Gasteiger partial charge in [0.1, 0.15) is 5.75 Å². The zero-order chi connectivity index (χ0) is 22.7. The Morgan fingerprint density at radius 1 is 1.28 bits per heavy atom. The number of para-hydroxylation sites is 1. The molecule has 0 radical (unpaired) electrons. The van der Waals surface area contributed by atoms with Crippen LogP contribution in [0.3, 0.4) is 0 Å². The second kappa shape index (κ2) is 9.05. The second-order valence-corrected chi connectivity index (χ2v) is 7.62. The molecule has 0 amide bonds. The number of aromatic amines is 1. The molecule has 0 saturated heterocycles. The van der Waals surface area contributed by atoms with E-state index in [-0.39, 0.29) is 23.3 Å². The summed E-state index contributed by atoms with van der Waals surface area (Å²) in [6, 6.07) is 10.9. The van der Waals surface area contributed by atoms with Gasteiger partial charge in [-0.05, 0) is 30.7 Å². The molecule has 3 heterocycles. The first kappa shape index (κ1) is 21.3. The highest BCUT2D eigenvalue weighted by Crippen LogP contribution is 2.35. The number of hydrogen-bond acceptors (Lipinski definition) is 6. The van der Waals surface area contributed by atoms with Crippen LogP contribution in [0, 0.1) is 6.92 Å². The van der Waals surface area contributed by atoms with Crippen LogP contribution in [0.1, 0.15) is 34.9 Å². The Balaban J connectivity index is 1.86. The fourth-order valence-corrected chi connectivity index (χ4v) is 4.07. The second-order valence-electron chi connectivity index (χ2n) is 7.62. The van der Waals surface area contributed by atoms with Gasteiger partial charge in [-0.25, -0.2) is 4.98 Å². The van der Waals surface area contributed by atoms with Crippen LogP contribution >= 0.6 is 0 Å². The molecule has 32 heavy (non-hydrogen) atoms. The Labute approximate surface area is 184 Å². The van der Waals surface area contributed by atoms with Crippen molar-refractivity contribution in [2.75, 3.05) is 7.11 Å². The molecule has 2 N–H and O–H groups in total. The zero-order valence-corrected chi connectivity index (χ0v) is 17.9. The smallest absolute Gasteiger partial charge is 0.306 e. The quantitative estimate of drug-likeness (QED) is 0.434. The number of carbonyl (C=O) groups excluding carboxylic acids is 1. The molecule has 0 spiro atoms. The first-order chi connectivity index (χ1) is 15.5. The maximum Gasteiger partial charge on any atom is 0.306 e. The summed E-state index contributed by atoms with van der Waals surface area (Å²) in [5, 5.41) is 11.7. The lowest BCUT2D eigenvalue weighted by molar-refractivity contribution is -0.140. The Morgan fingerprint density at radius 3 is 2.84 bits per heavy atom. The summed E-state index contributed by atoms with van der Waals surface area (Å²) in [7, 11) is 1.31. The monoisotopic (exact) mass is 432 g/mol. The van der Waals surface area contributed by atoms with Crippen LogP contribution in [0.15, 0.2) is 59.9 Å². The third-order valence-corrected chi connectivity index (χ3v) is 5.69. The van der Waals surface area contributed by atoms with Gasteiger partial charge >= 0.3 is 5.97 Å². The van der Waals surface area contributed by atoms with Gasteiger partial charge in [0.25, 0.3) is 5.56 Å². The fraction of sp³-hybridized carbons (Fsp3) is 0.250. The van der Waals surface area contributed by atoms with E-state index in [1.807, 2.05) is 24.3 Å². The summed E-state index contributed by atoms with van der Waals surface area (Å²) in [6.07, 6.45) is 5.44. The van der Waals surface area contributed by atoms with E-state index in [0.29, 0.717) is 18.7 Å². The average Bonchev–Trinajstić information content (AvgIpc) is 3.31. The SMILES string of the molecule is COC(=O)C[C@@H](c1c(O)cc(C)n(CCc2cnc[nH]2)c1=O)c1ccnc2ccccc12. The topological polar surface area (TPSA) is 110 Å². The number of esters is 1. The number of fused-ring (bicyclic) bond motifs is 1. The molecule has 1 atom stereocenters. The van der Waals surface area contributed by atoms with E-state index in [2.05, 4.69) is 15.0 Å². The van der Waals surface area contributed by atoms with Crippen molar-refractivity contribution in [3.05, 3.63) is 88.0 Å². The number of nitrogens with zero attached hydrogens (tertiary/aromatic N) is 3. The molecule has 4 rings (SSSR count). The van der Waals surface area contributed by atoms with Crippen molar-refractivity contribution in [1.82, 2.24) is 19.5 Å². The molecular formula is C24H24N4O4. The van der Waals surface area contributed by atoms with Crippen LogP contribution in [-0.4, -0.2) is 37.7 Å². The minimum Gasteiger partial charge on any atom is -0.507 e. The van der Waals surface area contributed by atoms with Gasteiger partial charge in [-0.1, -0.05) is 18.2 Å². The van der Waals surface area contributed by atoms with E-state index in [1.54, 1.807) is 42.3 Å².